The maximum atomic E-state index is 12.7. The Labute approximate surface area is 223 Å². The summed E-state index contributed by atoms with van der Waals surface area (Å²) in [5.41, 5.74) is 0.199. The van der Waals surface area contributed by atoms with E-state index in [0.717, 1.165) is 18.4 Å². The number of nitrogens with one attached hydrogen (secondary N) is 3. The van der Waals surface area contributed by atoms with E-state index in [9.17, 15) is 24.3 Å². The first kappa shape index (κ1) is 30.6. The Morgan fingerprint density at radius 2 is 1.71 bits per heavy atom. The quantitative estimate of drug-likeness (QED) is 0.146. The zero-order valence-electron chi connectivity index (χ0n) is 21.8. The van der Waals surface area contributed by atoms with Gasteiger partial charge in [0.1, 0.15) is 19.3 Å². The molecule has 208 valence electrons. The van der Waals surface area contributed by atoms with Crippen molar-refractivity contribution in [2.24, 2.45) is 5.92 Å². The van der Waals surface area contributed by atoms with Crippen LogP contribution in [-0.2, 0) is 30.5 Å². The number of carbonyl (C=O) groups excluding carboxylic acids is 4. The van der Waals surface area contributed by atoms with Gasteiger partial charge in [0, 0.05) is 6.42 Å². The Bertz CT molecular complexity index is 945. The van der Waals surface area contributed by atoms with Crippen molar-refractivity contribution in [1.82, 2.24) is 16.0 Å². The molecule has 1 aliphatic rings. The molecule has 0 saturated heterocycles. The van der Waals surface area contributed by atoms with E-state index < -0.39 is 29.6 Å². The Morgan fingerprint density at radius 3 is 2.34 bits per heavy atom. The average molecular weight is 530 g/mol. The van der Waals surface area contributed by atoms with Crippen LogP contribution in [-0.4, -0.2) is 60.3 Å². The van der Waals surface area contributed by atoms with Crippen molar-refractivity contribution < 1.29 is 33.8 Å². The molecular formula is C28H39N3O7. The fourth-order valence-electron chi connectivity index (χ4n) is 4.29. The van der Waals surface area contributed by atoms with Crippen LogP contribution in [0, 0.1) is 5.92 Å². The van der Waals surface area contributed by atoms with Gasteiger partial charge in [-0.15, -0.1) is 13.2 Å². The third kappa shape index (κ3) is 10.4. The number of esters is 1. The van der Waals surface area contributed by atoms with Crippen molar-refractivity contribution in [3.8, 4) is 0 Å². The van der Waals surface area contributed by atoms with Crippen LogP contribution in [0.25, 0.3) is 0 Å². The fraction of sp³-hybridized carbons (Fsp3) is 0.500. The molecule has 2 atom stereocenters. The maximum Gasteiger partial charge on any atom is 0.408 e. The van der Waals surface area contributed by atoms with Gasteiger partial charge >= 0.3 is 12.1 Å². The molecule has 0 aliphatic heterocycles. The van der Waals surface area contributed by atoms with Crippen LogP contribution in [0.1, 0.15) is 50.5 Å². The number of amides is 3. The lowest BCUT2D eigenvalue weighted by Crippen LogP contribution is -2.50. The topological polar surface area (TPSA) is 143 Å². The second kappa shape index (κ2) is 16.2. The Kier molecular flexibility index (Phi) is 13.1. The van der Waals surface area contributed by atoms with E-state index in [1.165, 1.54) is 6.08 Å². The largest absolute Gasteiger partial charge is 0.462 e. The van der Waals surface area contributed by atoms with Crippen molar-refractivity contribution in [2.45, 2.75) is 63.1 Å². The van der Waals surface area contributed by atoms with E-state index in [2.05, 4.69) is 29.1 Å². The first-order chi connectivity index (χ1) is 18.3. The lowest BCUT2D eigenvalue weighted by molar-refractivity contribution is -0.146. The molecular weight excluding hydrogens is 490 g/mol. The van der Waals surface area contributed by atoms with Gasteiger partial charge in [-0.1, -0.05) is 55.3 Å². The highest BCUT2D eigenvalue weighted by Gasteiger charge is 2.35. The Hall–Kier alpha value is -3.66. The summed E-state index contributed by atoms with van der Waals surface area (Å²) in [7, 11) is 0. The number of aliphatic hydroxyl groups excluding tert-OH is 1. The summed E-state index contributed by atoms with van der Waals surface area (Å²) < 4.78 is 10.4. The number of hydrogen-bond acceptors (Lipinski definition) is 7. The predicted molar refractivity (Wildman–Crippen MR) is 142 cm³/mol. The Morgan fingerprint density at radius 1 is 1.03 bits per heavy atom. The highest BCUT2D eigenvalue weighted by atomic mass is 16.6. The predicted octanol–water partition coefficient (Wildman–Crippen LogP) is 2.52. The third-order valence-corrected chi connectivity index (χ3v) is 6.36. The minimum absolute atomic E-state index is 0.0275. The minimum Gasteiger partial charge on any atom is -0.462 e. The van der Waals surface area contributed by atoms with Gasteiger partial charge in [-0.05, 0) is 31.2 Å². The van der Waals surface area contributed by atoms with Gasteiger partial charge in [-0.2, -0.15) is 0 Å². The van der Waals surface area contributed by atoms with Crippen LogP contribution in [0.2, 0.25) is 0 Å². The number of ether oxygens (including phenoxy) is 2. The number of allylic oxidation sites excluding steroid dienone is 1. The van der Waals surface area contributed by atoms with E-state index in [1.54, 1.807) is 6.08 Å². The number of benzene rings is 1. The highest BCUT2D eigenvalue weighted by Crippen LogP contribution is 2.29. The number of carbonyl (C=O) groups is 4. The average Bonchev–Trinajstić information content (AvgIpc) is 3.38. The summed E-state index contributed by atoms with van der Waals surface area (Å²) in [6.07, 6.45) is 5.96. The minimum atomic E-state index is -0.988. The summed E-state index contributed by atoms with van der Waals surface area (Å²) >= 11 is 0. The van der Waals surface area contributed by atoms with Gasteiger partial charge in [-0.3, -0.25) is 9.59 Å². The summed E-state index contributed by atoms with van der Waals surface area (Å²) in [5, 5.41) is 17.7. The smallest absolute Gasteiger partial charge is 0.408 e. The first-order valence-electron chi connectivity index (χ1n) is 12.9. The number of alkyl carbamates (subject to hydrolysis) is 1. The van der Waals surface area contributed by atoms with Crippen LogP contribution in [0.5, 0.6) is 0 Å². The summed E-state index contributed by atoms with van der Waals surface area (Å²) in [4.78, 5) is 49.8. The van der Waals surface area contributed by atoms with Crippen LogP contribution < -0.4 is 16.0 Å². The molecule has 10 nitrogen and oxygen atoms in total. The molecule has 1 fully saturated rings. The summed E-state index contributed by atoms with van der Waals surface area (Å²) in [6, 6.07) is 8.13. The molecule has 0 heterocycles. The van der Waals surface area contributed by atoms with Crippen LogP contribution in [0.15, 0.2) is 55.6 Å². The van der Waals surface area contributed by atoms with Crippen LogP contribution >= 0.6 is 0 Å². The van der Waals surface area contributed by atoms with Gasteiger partial charge in [0.25, 0.3) is 0 Å². The van der Waals surface area contributed by atoms with Crippen LogP contribution in [0.3, 0.4) is 0 Å². The van der Waals surface area contributed by atoms with E-state index in [1.807, 2.05) is 30.3 Å². The van der Waals surface area contributed by atoms with E-state index >= 15 is 0 Å². The van der Waals surface area contributed by atoms with Gasteiger partial charge in [-0.25, -0.2) is 9.59 Å². The molecule has 0 aromatic heterocycles. The summed E-state index contributed by atoms with van der Waals surface area (Å²) in [6.45, 7) is 7.08. The molecule has 0 spiro atoms. The molecule has 0 bridgehead atoms. The Balaban J connectivity index is 1.76. The molecule has 10 heteroatoms. The van der Waals surface area contributed by atoms with Gasteiger partial charge in [0.15, 0.2) is 0 Å². The number of hydrogen-bond donors (Lipinski definition) is 4. The van der Waals surface area contributed by atoms with Gasteiger partial charge in [0.2, 0.25) is 11.8 Å². The van der Waals surface area contributed by atoms with Gasteiger partial charge in [0.05, 0.1) is 24.6 Å². The van der Waals surface area contributed by atoms with Gasteiger partial charge < -0.3 is 30.5 Å². The molecule has 1 saturated carbocycles. The molecule has 1 aromatic carbocycles. The zero-order valence-corrected chi connectivity index (χ0v) is 21.8. The van der Waals surface area contributed by atoms with Crippen molar-refractivity contribution in [3.63, 3.8) is 0 Å². The molecule has 4 N–H and O–H groups in total. The first-order valence-corrected chi connectivity index (χ1v) is 12.9. The molecule has 1 aliphatic carbocycles. The second-order valence-electron chi connectivity index (χ2n) is 9.36. The summed E-state index contributed by atoms with van der Waals surface area (Å²) in [5.74, 6) is -2.00. The van der Waals surface area contributed by atoms with Crippen molar-refractivity contribution in [3.05, 3.63) is 61.2 Å². The van der Waals surface area contributed by atoms with E-state index in [0.29, 0.717) is 19.3 Å². The standard InChI is InChI=1S/C28H39N3O7/c1-3-10-22(18-24(33)31-28(20-32)14-8-9-15-28)25(34)29-16-17-37-26(35)23(11-4-2)30-27(36)38-19-21-12-6-5-7-13-21/h3-7,12-13,22-23,32H,1-2,8-11,14-20H2,(H,29,34)(H,30,36)(H,31,33). The highest BCUT2D eigenvalue weighted by molar-refractivity contribution is 5.86. The number of aliphatic hydroxyl groups is 1. The van der Waals surface area contributed by atoms with E-state index in [4.69, 9.17) is 9.47 Å². The lowest BCUT2D eigenvalue weighted by atomic mass is 9.96. The lowest BCUT2D eigenvalue weighted by Gasteiger charge is -2.28. The monoisotopic (exact) mass is 529 g/mol. The second-order valence-corrected chi connectivity index (χ2v) is 9.36. The SMILES string of the molecule is C=CCC(CC(=O)NC1(CO)CCCC1)C(=O)NCCOC(=O)C(CC=C)NC(=O)OCc1ccccc1. The van der Waals surface area contributed by atoms with Crippen molar-refractivity contribution in [2.75, 3.05) is 19.8 Å². The molecule has 2 unspecified atom stereocenters. The normalized spacial score (nSPS) is 15.4. The third-order valence-electron chi connectivity index (χ3n) is 6.36. The molecule has 38 heavy (non-hydrogen) atoms. The number of rotatable bonds is 16. The maximum absolute atomic E-state index is 12.7. The molecule has 3 amide bonds. The zero-order chi connectivity index (χ0) is 27.8. The van der Waals surface area contributed by atoms with Crippen LogP contribution in [0.4, 0.5) is 4.79 Å². The molecule has 1 aromatic rings. The van der Waals surface area contributed by atoms with Crippen molar-refractivity contribution >= 4 is 23.9 Å². The van der Waals surface area contributed by atoms with E-state index in [-0.39, 0.29) is 51.0 Å². The van der Waals surface area contributed by atoms with Crippen molar-refractivity contribution in [1.29, 1.82) is 0 Å². The molecule has 2 rings (SSSR count). The molecule has 0 radical (unpaired) electrons. The fourth-order valence-corrected chi connectivity index (χ4v) is 4.29.